The molecule has 20 heavy (non-hydrogen) atoms. The lowest BCUT2D eigenvalue weighted by Crippen LogP contribution is -2.41. The van der Waals surface area contributed by atoms with Gasteiger partial charge in [0.05, 0.1) is 13.0 Å². The molecule has 1 aromatic rings. The standard InChI is InChI=1S/C16H24N2O2/c17-14-6-4-5-13(9-14)10-15(20)18-11-16(12-19)7-2-1-3-8-16/h4-6,9,19H,1-3,7-8,10-12,17H2,(H,18,20). The second-order valence-electron chi connectivity index (χ2n) is 5.92. The number of benzene rings is 1. The van der Waals surface area contributed by atoms with Crippen LogP contribution in [-0.4, -0.2) is 24.2 Å². The molecule has 0 radical (unpaired) electrons. The van der Waals surface area contributed by atoms with E-state index in [-0.39, 0.29) is 17.9 Å². The van der Waals surface area contributed by atoms with Gasteiger partial charge in [0.25, 0.3) is 0 Å². The molecule has 1 amide bonds. The van der Waals surface area contributed by atoms with E-state index in [0.29, 0.717) is 18.7 Å². The Morgan fingerprint density at radius 2 is 2.05 bits per heavy atom. The first-order valence-corrected chi connectivity index (χ1v) is 7.36. The summed E-state index contributed by atoms with van der Waals surface area (Å²) in [6.07, 6.45) is 5.87. The summed E-state index contributed by atoms with van der Waals surface area (Å²) >= 11 is 0. The van der Waals surface area contributed by atoms with Gasteiger partial charge >= 0.3 is 0 Å². The highest BCUT2D eigenvalue weighted by molar-refractivity contribution is 5.78. The SMILES string of the molecule is Nc1cccc(CC(=O)NCC2(CO)CCCCC2)c1. The summed E-state index contributed by atoms with van der Waals surface area (Å²) < 4.78 is 0. The quantitative estimate of drug-likeness (QED) is 0.719. The van der Waals surface area contributed by atoms with Crippen LogP contribution < -0.4 is 11.1 Å². The van der Waals surface area contributed by atoms with E-state index >= 15 is 0 Å². The molecule has 4 nitrogen and oxygen atoms in total. The van der Waals surface area contributed by atoms with Crippen molar-refractivity contribution in [1.82, 2.24) is 5.32 Å². The van der Waals surface area contributed by atoms with Crippen molar-refractivity contribution in [3.63, 3.8) is 0 Å². The van der Waals surface area contributed by atoms with E-state index in [0.717, 1.165) is 31.2 Å². The fraction of sp³-hybridized carbons (Fsp3) is 0.562. The fourth-order valence-corrected chi connectivity index (χ4v) is 2.93. The van der Waals surface area contributed by atoms with Crippen molar-refractivity contribution in [3.8, 4) is 0 Å². The molecule has 1 aliphatic carbocycles. The highest BCUT2D eigenvalue weighted by Gasteiger charge is 2.31. The van der Waals surface area contributed by atoms with Gasteiger partial charge in [-0.25, -0.2) is 0 Å². The molecule has 1 aliphatic rings. The molecule has 0 unspecified atom stereocenters. The summed E-state index contributed by atoms with van der Waals surface area (Å²) in [7, 11) is 0. The minimum atomic E-state index is -0.108. The van der Waals surface area contributed by atoms with Gasteiger partial charge in [0.15, 0.2) is 0 Å². The zero-order valence-electron chi connectivity index (χ0n) is 11.9. The smallest absolute Gasteiger partial charge is 0.224 e. The van der Waals surface area contributed by atoms with Gasteiger partial charge < -0.3 is 16.2 Å². The van der Waals surface area contributed by atoms with Crippen LogP contribution in [0.4, 0.5) is 5.69 Å². The number of anilines is 1. The molecule has 2 rings (SSSR count). The Bertz CT molecular complexity index is 454. The summed E-state index contributed by atoms with van der Waals surface area (Å²) in [5.41, 5.74) is 7.19. The number of nitrogen functional groups attached to an aromatic ring is 1. The molecule has 1 aromatic carbocycles. The molecule has 0 spiro atoms. The van der Waals surface area contributed by atoms with E-state index in [1.54, 1.807) is 0 Å². The molecule has 110 valence electrons. The Morgan fingerprint density at radius 1 is 1.30 bits per heavy atom. The zero-order chi connectivity index (χ0) is 14.4. The van der Waals surface area contributed by atoms with Crippen molar-refractivity contribution in [1.29, 1.82) is 0 Å². The molecular formula is C16H24N2O2. The largest absolute Gasteiger partial charge is 0.399 e. The minimum Gasteiger partial charge on any atom is -0.399 e. The molecule has 4 heteroatoms. The third kappa shape index (κ3) is 3.97. The van der Waals surface area contributed by atoms with Crippen molar-refractivity contribution < 1.29 is 9.90 Å². The molecule has 0 saturated heterocycles. The van der Waals surface area contributed by atoms with Crippen molar-refractivity contribution in [2.75, 3.05) is 18.9 Å². The molecule has 1 fully saturated rings. The van der Waals surface area contributed by atoms with Crippen LogP contribution in [0, 0.1) is 5.41 Å². The highest BCUT2D eigenvalue weighted by atomic mass is 16.3. The number of rotatable bonds is 5. The number of aliphatic hydroxyl groups excluding tert-OH is 1. The maximum Gasteiger partial charge on any atom is 0.224 e. The van der Waals surface area contributed by atoms with Crippen LogP contribution in [0.25, 0.3) is 0 Å². The van der Waals surface area contributed by atoms with Crippen LogP contribution >= 0.6 is 0 Å². The number of hydrogen-bond acceptors (Lipinski definition) is 3. The fourth-order valence-electron chi connectivity index (χ4n) is 2.93. The highest BCUT2D eigenvalue weighted by Crippen LogP contribution is 2.35. The van der Waals surface area contributed by atoms with Gasteiger partial charge in [0.1, 0.15) is 0 Å². The molecule has 0 heterocycles. The summed E-state index contributed by atoms with van der Waals surface area (Å²) in [4.78, 5) is 12.0. The van der Waals surface area contributed by atoms with Crippen LogP contribution in [0.1, 0.15) is 37.7 Å². The third-order valence-electron chi connectivity index (χ3n) is 4.23. The van der Waals surface area contributed by atoms with Gasteiger partial charge in [-0.15, -0.1) is 0 Å². The molecule has 0 atom stereocenters. The maximum atomic E-state index is 12.0. The van der Waals surface area contributed by atoms with Crippen LogP contribution in [0.15, 0.2) is 24.3 Å². The van der Waals surface area contributed by atoms with Gasteiger partial charge in [-0.1, -0.05) is 31.4 Å². The predicted molar refractivity (Wildman–Crippen MR) is 80.2 cm³/mol. The Hall–Kier alpha value is -1.55. The van der Waals surface area contributed by atoms with E-state index in [4.69, 9.17) is 5.73 Å². The van der Waals surface area contributed by atoms with Gasteiger partial charge in [0, 0.05) is 17.6 Å². The minimum absolute atomic E-state index is 0.00556. The lowest BCUT2D eigenvalue weighted by molar-refractivity contribution is -0.121. The first-order chi connectivity index (χ1) is 9.63. The lowest BCUT2D eigenvalue weighted by atomic mass is 9.74. The Morgan fingerprint density at radius 3 is 2.70 bits per heavy atom. The number of amides is 1. The van der Waals surface area contributed by atoms with Crippen molar-refractivity contribution in [2.45, 2.75) is 38.5 Å². The van der Waals surface area contributed by atoms with Gasteiger partial charge in [0.2, 0.25) is 5.91 Å². The van der Waals surface area contributed by atoms with E-state index in [1.165, 1.54) is 6.42 Å². The Balaban J connectivity index is 1.85. The molecule has 0 aliphatic heterocycles. The average molecular weight is 276 g/mol. The zero-order valence-corrected chi connectivity index (χ0v) is 11.9. The first kappa shape index (κ1) is 14.9. The Labute approximate surface area is 120 Å². The number of nitrogens with two attached hydrogens (primary N) is 1. The topological polar surface area (TPSA) is 75.4 Å². The Kier molecular flexibility index (Phi) is 5.01. The normalized spacial score (nSPS) is 17.6. The van der Waals surface area contributed by atoms with Crippen molar-refractivity contribution in [2.24, 2.45) is 5.41 Å². The second kappa shape index (κ2) is 6.75. The number of carbonyl (C=O) groups is 1. The number of nitrogens with one attached hydrogen (secondary N) is 1. The van der Waals surface area contributed by atoms with E-state index < -0.39 is 0 Å². The molecular weight excluding hydrogens is 252 g/mol. The van der Waals surface area contributed by atoms with Gasteiger partial charge in [-0.05, 0) is 30.5 Å². The van der Waals surface area contributed by atoms with E-state index in [2.05, 4.69) is 5.32 Å². The molecule has 0 bridgehead atoms. The summed E-state index contributed by atoms with van der Waals surface area (Å²) in [5.74, 6) is -0.00556. The van der Waals surface area contributed by atoms with Gasteiger partial charge in [-0.3, -0.25) is 4.79 Å². The van der Waals surface area contributed by atoms with Crippen LogP contribution in [0.5, 0.6) is 0 Å². The third-order valence-corrected chi connectivity index (χ3v) is 4.23. The predicted octanol–water partition coefficient (Wildman–Crippen LogP) is 1.87. The van der Waals surface area contributed by atoms with Crippen molar-refractivity contribution in [3.05, 3.63) is 29.8 Å². The number of carbonyl (C=O) groups excluding carboxylic acids is 1. The number of hydrogen-bond donors (Lipinski definition) is 3. The van der Waals surface area contributed by atoms with E-state index in [1.807, 2.05) is 24.3 Å². The van der Waals surface area contributed by atoms with E-state index in [9.17, 15) is 9.90 Å². The lowest BCUT2D eigenvalue weighted by Gasteiger charge is -2.35. The average Bonchev–Trinajstić information content (AvgIpc) is 2.46. The summed E-state index contributed by atoms with van der Waals surface area (Å²) in [6.45, 7) is 0.732. The molecule has 0 aromatic heterocycles. The molecule has 4 N–H and O–H groups in total. The first-order valence-electron chi connectivity index (χ1n) is 7.36. The van der Waals surface area contributed by atoms with Crippen molar-refractivity contribution >= 4 is 11.6 Å². The number of aliphatic hydroxyl groups is 1. The molecule has 1 saturated carbocycles. The summed E-state index contributed by atoms with van der Waals surface area (Å²) in [5, 5.41) is 12.6. The monoisotopic (exact) mass is 276 g/mol. The van der Waals surface area contributed by atoms with Crippen LogP contribution in [0.2, 0.25) is 0 Å². The maximum absolute atomic E-state index is 12.0. The van der Waals surface area contributed by atoms with Gasteiger partial charge in [-0.2, -0.15) is 0 Å². The van der Waals surface area contributed by atoms with Crippen LogP contribution in [-0.2, 0) is 11.2 Å². The summed E-state index contributed by atoms with van der Waals surface area (Å²) in [6, 6.07) is 7.39. The van der Waals surface area contributed by atoms with Crippen LogP contribution in [0.3, 0.4) is 0 Å². The second-order valence-corrected chi connectivity index (χ2v) is 5.92.